The summed E-state index contributed by atoms with van der Waals surface area (Å²) in [5.41, 5.74) is 0.927. The van der Waals surface area contributed by atoms with Crippen LogP contribution in [0, 0.1) is 0 Å². The summed E-state index contributed by atoms with van der Waals surface area (Å²) in [5.74, 6) is -0.791. The quantitative estimate of drug-likeness (QED) is 0.796. The average Bonchev–Trinajstić information content (AvgIpc) is 2.51. The minimum absolute atomic E-state index is 0.0556. The van der Waals surface area contributed by atoms with Gasteiger partial charge in [0.25, 0.3) is 5.91 Å². The van der Waals surface area contributed by atoms with Gasteiger partial charge in [0.2, 0.25) is 0 Å². The van der Waals surface area contributed by atoms with Crippen LogP contribution >= 0.6 is 0 Å². The van der Waals surface area contributed by atoms with E-state index in [4.69, 9.17) is 4.74 Å². The summed E-state index contributed by atoms with van der Waals surface area (Å²) >= 11 is 0. The minimum atomic E-state index is -0.587. The number of aromatic nitrogens is 1. The molecule has 1 heterocycles. The Kier molecular flexibility index (Phi) is 5.32. The van der Waals surface area contributed by atoms with Crippen molar-refractivity contribution in [2.45, 2.75) is 39.8 Å². The molecule has 122 valence electrons. The summed E-state index contributed by atoms with van der Waals surface area (Å²) in [5, 5.41) is 0.950. The zero-order valence-electron chi connectivity index (χ0n) is 13.9. The Bertz CT molecular complexity index is 702. The van der Waals surface area contributed by atoms with Crippen molar-refractivity contribution in [3.05, 3.63) is 42.1 Å². The highest BCUT2D eigenvalue weighted by Crippen LogP contribution is 2.12. The maximum atomic E-state index is 12.2. The van der Waals surface area contributed by atoms with Crippen LogP contribution < -0.4 is 0 Å². The zero-order chi connectivity index (χ0) is 17.0. The van der Waals surface area contributed by atoms with E-state index < -0.39 is 5.97 Å². The van der Waals surface area contributed by atoms with Gasteiger partial charge >= 0.3 is 5.97 Å². The standard InChI is InChI=1S/C18H22N2O3/c1-12(2)20(13(3)4)17(21)11-23-18(22)16-10-9-14-7-5-6-8-15(14)19-16/h5-10,12-13H,11H2,1-4H3. The first-order valence-electron chi connectivity index (χ1n) is 7.74. The second kappa shape index (κ2) is 7.22. The molecule has 0 fully saturated rings. The highest BCUT2D eigenvalue weighted by atomic mass is 16.5. The molecule has 0 aliphatic rings. The molecule has 2 rings (SSSR count). The van der Waals surface area contributed by atoms with Crippen molar-refractivity contribution in [2.24, 2.45) is 0 Å². The lowest BCUT2D eigenvalue weighted by Gasteiger charge is -2.30. The van der Waals surface area contributed by atoms with Gasteiger partial charge in [-0.3, -0.25) is 4.79 Å². The Morgan fingerprint density at radius 2 is 1.70 bits per heavy atom. The number of carbonyl (C=O) groups excluding carboxylic acids is 2. The normalized spacial score (nSPS) is 11.0. The number of amides is 1. The summed E-state index contributed by atoms with van der Waals surface area (Å²) in [6, 6.07) is 11.1. The van der Waals surface area contributed by atoms with E-state index in [1.165, 1.54) is 0 Å². The van der Waals surface area contributed by atoms with Gasteiger partial charge in [0.05, 0.1) is 5.52 Å². The van der Waals surface area contributed by atoms with E-state index in [1.54, 1.807) is 11.0 Å². The molecule has 1 amide bonds. The molecule has 0 bridgehead atoms. The van der Waals surface area contributed by atoms with Crippen LogP contribution in [-0.2, 0) is 9.53 Å². The van der Waals surface area contributed by atoms with Crippen molar-refractivity contribution >= 4 is 22.8 Å². The molecular weight excluding hydrogens is 292 g/mol. The van der Waals surface area contributed by atoms with Crippen LogP contribution in [0.5, 0.6) is 0 Å². The predicted octanol–water partition coefficient (Wildman–Crippen LogP) is 3.04. The molecule has 0 saturated heterocycles. The zero-order valence-corrected chi connectivity index (χ0v) is 13.9. The number of nitrogens with zero attached hydrogens (tertiary/aromatic N) is 2. The van der Waals surface area contributed by atoms with Crippen molar-refractivity contribution in [1.29, 1.82) is 0 Å². The van der Waals surface area contributed by atoms with E-state index in [-0.39, 0.29) is 30.3 Å². The van der Waals surface area contributed by atoms with Gasteiger partial charge in [0.15, 0.2) is 6.61 Å². The maximum absolute atomic E-state index is 12.2. The molecule has 0 radical (unpaired) electrons. The fraction of sp³-hybridized carbons (Fsp3) is 0.389. The van der Waals surface area contributed by atoms with Crippen LogP contribution in [0.25, 0.3) is 10.9 Å². The van der Waals surface area contributed by atoms with Crippen molar-refractivity contribution < 1.29 is 14.3 Å². The van der Waals surface area contributed by atoms with E-state index in [1.807, 2.05) is 58.0 Å². The predicted molar refractivity (Wildman–Crippen MR) is 89.1 cm³/mol. The van der Waals surface area contributed by atoms with Crippen molar-refractivity contribution in [1.82, 2.24) is 9.88 Å². The lowest BCUT2D eigenvalue weighted by molar-refractivity contribution is -0.138. The molecule has 0 spiro atoms. The Balaban J connectivity index is 2.04. The van der Waals surface area contributed by atoms with Crippen LogP contribution in [-0.4, -0.2) is 40.5 Å². The Morgan fingerprint density at radius 1 is 1.04 bits per heavy atom. The molecule has 0 aliphatic heterocycles. The minimum Gasteiger partial charge on any atom is -0.451 e. The third-order valence-corrected chi connectivity index (χ3v) is 3.53. The Labute approximate surface area is 136 Å². The maximum Gasteiger partial charge on any atom is 0.357 e. The van der Waals surface area contributed by atoms with E-state index >= 15 is 0 Å². The van der Waals surface area contributed by atoms with Gasteiger partial charge in [-0.15, -0.1) is 0 Å². The first kappa shape index (κ1) is 16.9. The molecule has 5 nitrogen and oxygen atoms in total. The first-order chi connectivity index (χ1) is 10.9. The second-order valence-electron chi connectivity index (χ2n) is 5.95. The molecule has 0 atom stereocenters. The average molecular weight is 314 g/mol. The van der Waals surface area contributed by atoms with Crippen molar-refractivity contribution in [2.75, 3.05) is 6.61 Å². The number of ether oxygens (including phenoxy) is 1. The number of hydrogen-bond acceptors (Lipinski definition) is 4. The van der Waals surface area contributed by atoms with E-state index in [0.717, 1.165) is 10.9 Å². The number of hydrogen-bond donors (Lipinski definition) is 0. The Hall–Kier alpha value is -2.43. The molecular formula is C18H22N2O3. The summed E-state index contributed by atoms with van der Waals surface area (Å²) in [6.07, 6.45) is 0. The number of carbonyl (C=O) groups is 2. The van der Waals surface area contributed by atoms with Gasteiger partial charge in [0.1, 0.15) is 5.69 Å². The lowest BCUT2D eigenvalue weighted by atomic mass is 10.2. The van der Waals surface area contributed by atoms with Gasteiger partial charge in [-0.1, -0.05) is 24.3 Å². The van der Waals surface area contributed by atoms with Crippen LogP contribution in [0.4, 0.5) is 0 Å². The summed E-state index contributed by atoms with van der Waals surface area (Å²) in [6.45, 7) is 7.47. The van der Waals surface area contributed by atoms with Crippen LogP contribution in [0.2, 0.25) is 0 Å². The third kappa shape index (κ3) is 4.06. The van der Waals surface area contributed by atoms with Gasteiger partial charge in [-0.05, 0) is 39.8 Å². The van der Waals surface area contributed by atoms with Gasteiger partial charge in [0, 0.05) is 17.5 Å². The summed E-state index contributed by atoms with van der Waals surface area (Å²) in [4.78, 5) is 30.3. The largest absolute Gasteiger partial charge is 0.451 e. The van der Waals surface area contributed by atoms with E-state index in [9.17, 15) is 9.59 Å². The molecule has 1 aromatic carbocycles. The topological polar surface area (TPSA) is 59.5 Å². The van der Waals surface area contributed by atoms with Crippen molar-refractivity contribution in [3.8, 4) is 0 Å². The number of fused-ring (bicyclic) bond motifs is 1. The fourth-order valence-corrected chi connectivity index (χ4v) is 2.63. The second-order valence-corrected chi connectivity index (χ2v) is 5.95. The number of benzene rings is 1. The molecule has 0 saturated carbocycles. The molecule has 23 heavy (non-hydrogen) atoms. The number of esters is 1. The van der Waals surface area contributed by atoms with E-state index in [0.29, 0.717) is 0 Å². The summed E-state index contributed by atoms with van der Waals surface area (Å²) in [7, 11) is 0. The van der Waals surface area contributed by atoms with Crippen LogP contribution in [0.3, 0.4) is 0 Å². The molecule has 2 aromatic rings. The lowest BCUT2D eigenvalue weighted by Crippen LogP contribution is -2.44. The third-order valence-electron chi connectivity index (χ3n) is 3.53. The highest BCUT2D eigenvalue weighted by molar-refractivity contribution is 5.92. The van der Waals surface area contributed by atoms with Crippen molar-refractivity contribution in [3.63, 3.8) is 0 Å². The fourth-order valence-electron chi connectivity index (χ4n) is 2.63. The number of rotatable bonds is 5. The Morgan fingerprint density at radius 3 is 2.35 bits per heavy atom. The number of para-hydroxylation sites is 1. The number of pyridine rings is 1. The van der Waals surface area contributed by atoms with Crippen LogP contribution in [0.1, 0.15) is 38.2 Å². The molecule has 5 heteroatoms. The highest BCUT2D eigenvalue weighted by Gasteiger charge is 2.21. The van der Waals surface area contributed by atoms with E-state index in [2.05, 4.69) is 4.98 Å². The SMILES string of the molecule is CC(C)N(C(=O)COC(=O)c1ccc2ccccc2n1)C(C)C. The van der Waals surface area contributed by atoms with Gasteiger partial charge in [-0.2, -0.15) is 0 Å². The smallest absolute Gasteiger partial charge is 0.357 e. The molecule has 0 N–H and O–H groups in total. The molecule has 1 aromatic heterocycles. The first-order valence-corrected chi connectivity index (χ1v) is 7.74. The molecule has 0 unspecified atom stereocenters. The summed E-state index contributed by atoms with van der Waals surface area (Å²) < 4.78 is 5.13. The van der Waals surface area contributed by atoms with Gasteiger partial charge < -0.3 is 9.64 Å². The van der Waals surface area contributed by atoms with Crippen LogP contribution in [0.15, 0.2) is 36.4 Å². The molecule has 0 aliphatic carbocycles. The monoisotopic (exact) mass is 314 g/mol. The van der Waals surface area contributed by atoms with Gasteiger partial charge in [-0.25, -0.2) is 9.78 Å².